The third kappa shape index (κ3) is 6.03. The summed E-state index contributed by atoms with van der Waals surface area (Å²) in [5.41, 5.74) is 5.98. The molecule has 1 atom stereocenters. The van der Waals surface area contributed by atoms with E-state index in [1.165, 1.54) is 0 Å². The standard InChI is InChI=1S/C17H22N6O4/c1-10(21-16(18)26)9-13(24)19-7-2-3-8-20-15(25)11-5-4-6-12-14(11)23-17(27)22-12/h2-6,10H,7-9H2,1H3,(H,19,24)(H,20,25)(H3,18,21,26)(H2,22,23,27)/b3-2+. The van der Waals surface area contributed by atoms with Gasteiger partial charge in [0.05, 0.1) is 16.6 Å². The molecule has 1 aromatic heterocycles. The van der Waals surface area contributed by atoms with Crippen LogP contribution in [0.5, 0.6) is 0 Å². The predicted molar refractivity (Wildman–Crippen MR) is 100 cm³/mol. The number of aromatic amines is 2. The molecule has 4 amide bonds. The smallest absolute Gasteiger partial charge is 0.323 e. The van der Waals surface area contributed by atoms with E-state index < -0.39 is 6.03 Å². The number of primary amides is 1. The SMILES string of the molecule is CC(CC(=O)NC/C=C/CNC(=O)c1cccc2[nH]c(=O)[nH]c12)NC(N)=O. The maximum absolute atomic E-state index is 12.2. The van der Waals surface area contributed by atoms with Gasteiger partial charge in [0.1, 0.15) is 0 Å². The zero-order chi connectivity index (χ0) is 19.8. The molecule has 0 aliphatic heterocycles. The number of aromatic nitrogens is 2. The Labute approximate surface area is 154 Å². The van der Waals surface area contributed by atoms with Gasteiger partial charge in [-0.1, -0.05) is 18.2 Å². The molecular weight excluding hydrogens is 352 g/mol. The summed E-state index contributed by atoms with van der Waals surface area (Å²) < 4.78 is 0. The highest BCUT2D eigenvalue weighted by Crippen LogP contribution is 2.12. The largest absolute Gasteiger partial charge is 0.353 e. The summed E-state index contributed by atoms with van der Waals surface area (Å²) in [6.07, 6.45) is 3.51. The van der Waals surface area contributed by atoms with Crippen molar-refractivity contribution < 1.29 is 14.4 Å². The third-order valence-corrected chi connectivity index (χ3v) is 3.64. The molecule has 0 saturated carbocycles. The number of benzene rings is 1. The monoisotopic (exact) mass is 374 g/mol. The van der Waals surface area contributed by atoms with Gasteiger partial charge in [-0.25, -0.2) is 9.59 Å². The molecule has 2 rings (SSSR count). The number of rotatable bonds is 8. The van der Waals surface area contributed by atoms with E-state index in [0.29, 0.717) is 23.1 Å². The van der Waals surface area contributed by atoms with Crippen LogP contribution in [0.4, 0.5) is 4.79 Å². The summed E-state index contributed by atoms with van der Waals surface area (Å²) in [6, 6.07) is 3.97. The van der Waals surface area contributed by atoms with E-state index >= 15 is 0 Å². The number of fused-ring (bicyclic) bond motifs is 1. The highest BCUT2D eigenvalue weighted by Gasteiger charge is 2.11. The van der Waals surface area contributed by atoms with Crippen LogP contribution in [-0.2, 0) is 4.79 Å². The Hall–Kier alpha value is -3.56. The molecule has 1 heterocycles. The number of urea groups is 1. The van der Waals surface area contributed by atoms with Gasteiger partial charge in [-0.15, -0.1) is 0 Å². The van der Waals surface area contributed by atoms with Crippen LogP contribution >= 0.6 is 0 Å². The van der Waals surface area contributed by atoms with E-state index in [1.807, 2.05) is 0 Å². The number of nitrogens with one attached hydrogen (secondary N) is 5. The van der Waals surface area contributed by atoms with E-state index in [2.05, 4.69) is 25.9 Å². The van der Waals surface area contributed by atoms with Gasteiger partial charge in [0.2, 0.25) is 5.91 Å². The van der Waals surface area contributed by atoms with Gasteiger partial charge in [-0.2, -0.15) is 0 Å². The zero-order valence-electron chi connectivity index (χ0n) is 14.8. The lowest BCUT2D eigenvalue weighted by Gasteiger charge is -2.11. The summed E-state index contributed by atoms with van der Waals surface area (Å²) >= 11 is 0. The second-order valence-electron chi connectivity index (χ2n) is 5.91. The number of H-pyrrole nitrogens is 2. The molecule has 144 valence electrons. The lowest BCUT2D eigenvalue weighted by atomic mass is 10.1. The number of imidazole rings is 1. The zero-order valence-corrected chi connectivity index (χ0v) is 14.8. The molecule has 0 aliphatic rings. The summed E-state index contributed by atoms with van der Waals surface area (Å²) in [7, 11) is 0. The quantitative estimate of drug-likeness (QED) is 0.350. The summed E-state index contributed by atoms with van der Waals surface area (Å²) in [5, 5.41) is 7.78. The van der Waals surface area contributed by atoms with Crippen molar-refractivity contribution in [1.29, 1.82) is 0 Å². The van der Waals surface area contributed by atoms with Crippen LogP contribution in [0.3, 0.4) is 0 Å². The second kappa shape index (κ2) is 9.22. The van der Waals surface area contributed by atoms with Crippen molar-refractivity contribution in [3.05, 3.63) is 46.4 Å². The Morgan fingerprint density at radius 1 is 1.15 bits per heavy atom. The van der Waals surface area contributed by atoms with Crippen LogP contribution < -0.4 is 27.4 Å². The molecule has 0 spiro atoms. The maximum Gasteiger partial charge on any atom is 0.323 e. The van der Waals surface area contributed by atoms with Crippen LogP contribution in [0.1, 0.15) is 23.7 Å². The van der Waals surface area contributed by atoms with Gasteiger partial charge in [-0.3, -0.25) is 9.59 Å². The number of hydrogen-bond acceptors (Lipinski definition) is 4. The molecule has 0 radical (unpaired) electrons. The van der Waals surface area contributed by atoms with Crippen LogP contribution in [0.25, 0.3) is 11.0 Å². The van der Waals surface area contributed by atoms with E-state index in [9.17, 15) is 19.2 Å². The van der Waals surface area contributed by atoms with E-state index in [0.717, 1.165) is 0 Å². The van der Waals surface area contributed by atoms with Gasteiger partial charge >= 0.3 is 11.7 Å². The Balaban J connectivity index is 1.74. The molecule has 0 fully saturated rings. The Bertz CT molecular complexity index is 914. The topological polar surface area (TPSA) is 162 Å². The molecule has 27 heavy (non-hydrogen) atoms. The molecule has 7 N–H and O–H groups in total. The summed E-state index contributed by atoms with van der Waals surface area (Å²) in [4.78, 5) is 51.1. The Morgan fingerprint density at radius 3 is 2.56 bits per heavy atom. The van der Waals surface area contributed by atoms with Crippen LogP contribution in [0, 0.1) is 0 Å². The first kappa shape index (κ1) is 19.8. The molecule has 1 unspecified atom stereocenters. The number of nitrogens with two attached hydrogens (primary N) is 1. The minimum atomic E-state index is -0.676. The first-order chi connectivity index (χ1) is 12.9. The highest BCUT2D eigenvalue weighted by atomic mass is 16.2. The van der Waals surface area contributed by atoms with Gasteiger partial charge in [0, 0.05) is 25.6 Å². The molecule has 10 nitrogen and oxygen atoms in total. The van der Waals surface area contributed by atoms with Crippen LogP contribution in [0.2, 0.25) is 0 Å². The van der Waals surface area contributed by atoms with E-state index in [-0.39, 0.29) is 36.5 Å². The number of carbonyl (C=O) groups excluding carboxylic acids is 3. The van der Waals surface area contributed by atoms with Gasteiger partial charge in [-0.05, 0) is 19.1 Å². The minimum absolute atomic E-state index is 0.117. The summed E-state index contributed by atoms with van der Waals surface area (Å²) in [6.45, 7) is 2.23. The number of para-hydroxylation sites is 1. The fraction of sp³-hybridized carbons (Fsp3) is 0.294. The number of hydrogen-bond donors (Lipinski definition) is 6. The van der Waals surface area contributed by atoms with Crippen molar-refractivity contribution in [2.24, 2.45) is 5.73 Å². The maximum atomic E-state index is 12.2. The molecule has 1 aromatic carbocycles. The van der Waals surface area contributed by atoms with Gasteiger partial charge in [0.15, 0.2) is 0 Å². The molecule has 0 aliphatic carbocycles. The number of amides is 4. The van der Waals surface area contributed by atoms with Crippen LogP contribution in [0.15, 0.2) is 35.1 Å². The molecule has 0 saturated heterocycles. The predicted octanol–water partition coefficient (Wildman–Crippen LogP) is -0.295. The average molecular weight is 374 g/mol. The fourth-order valence-corrected chi connectivity index (χ4v) is 2.48. The molecular formula is C17H22N6O4. The lowest BCUT2D eigenvalue weighted by Crippen LogP contribution is -2.40. The summed E-state index contributed by atoms with van der Waals surface area (Å²) in [5.74, 6) is -0.552. The third-order valence-electron chi connectivity index (χ3n) is 3.64. The molecule has 0 bridgehead atoms. The first-order valence-corrected chi connectivity index (χ1v) is 8.33. The number of carbonyl (C=O) groups is 3. The fourth-order valence-electron chi connectivity index (χ4n) is 2.48. The van der Waals surface area contributed by atoms with Crippen molar-refractivity contribution in [2.75, 3.05) is 13.1 Å². The highest BCUT2D eigenvalue weighted by molar-refractivity contribution is 6.04. The Kier molecular flexibility index (Phi) is 6.75. The van der Waals surface area contributed by atoms with Crippen molar-refractivity contribution in [3.8, 4) is 0 Å². The Morgan fingerprint density at radius 2 is 1.85 bits per heavy atom. The van der Waals surface area contributed by atoms with Crippen molar-refractivity contribution in [1.82, 2.24) is 25.9 Å². The van der Waals surface area contributed by atoms with Crippen LogP contribution in [-0.4, -0.2) is 46.9 Å². The normalized spacial score (nSPS) is 12.0. The first-order valence-electron chi connectivity index (χ1n) is 8.33. The van der Waals surface area contributed by atoms with E-state index in [4.69, 9.17) is 5.73 Å². The van der Waals surface area contributed by atoms with Gasteiger partial charge < -0.3 is 31.7 Å². The second-order valence-corrected chi connectivity index (χ2v) is 5.91. The van der Waals surface area contributed by atoms with Crippen molar-refractivity contribution in [3.63, 3.8) is 0 Å². The van der Waals surface area contributed by atoms with Crippen molar-refractivity contribution >= 4 is 28.9 Å². The average Bonchev–Trinajstić information content (AvgIpc) is 2.96. The molecule has 2 aromatic rings. The van der Waals surface area contributed by atoms with Crippen molar-refractivity contribution in [2.45, 2.75) is 19.4 Å². The lowest BCUT2D eigenvalue weighted by molar-refractivity contribution is -0.121. The van der Waals surface area contributed by atoms with E-state index in [1.54, 1.807) is 37.3 Å². The molecule has 10 heteroatoms. The van der Waals surface area contributed by atoms with Gasteiger partial charge in [0.25, 0.3) is 5.91 Å². The minimum Gasteiger partial charge on any atom is -0.353 e.